The summed E-state index contributed by atoms with van der Waals surface area (Å²) >= 11 is 0. The molecule has 6 nitrogen and oxygen atoms in total. The Labute approximate surface area is 494 Å². The minimum atomic E-state index is -0.768. The van der Waals surface area contributed by atoms with Gasteiger partial charge < -0.3 is 14.2 Å². The molecule has 0 aliphatic heterocycles. The molecule has 0 heterocycles. The van der Waals surface area contributed by atoms with E-state index < -0.39 is 6.10 Å². The quantitative estimate of drug-likeness (QED) is 0.0261. The number of hydrogen-bond acceptors (Lipinski definition) is 6. The van der Waals surface area contributed by atoms with Crippen LogP contribution in [0.5, 0.6) is 0 Å². The predicted molar refractivity (Wildman–Crippen MR) is 344 cm³/mol. The van der Waals surface area contributed by atoms with Gasteiger partial charge in [0, 0.05) is 19.3 Å². The van der Waals surface area contributed by atoms with Crippen LogP contribution in [0.1, 0.15) is 419 Å². The van der Waals surface area contributed by atoms with Crippen LogP contribution in [-0.2, 0) is 28.6 Å². The van der Waals surface area contributed by atoms with Crippen molar-refractivity contribution in [3.63, 3.8) is 0 Å². The molecule has 0 bridgehead atoms. The van der Waals surface area contributed by atoms with Crippen molar-refractivity contribution in [2.45, 2.75) is 425 Å². The van der Waals surface area contributed by atoms with Gasteiger partial charge in [-0.3, -0.25) is 14.4 Å². The van der Waals surface area contributed by atoms with Crippen LogP contribution in [-0.4, -0.2) is 37.2 Å². The summed E-state index contributed by atoms with van der Waals surface area (Å²) in [6.45, 7) is 6.74. The number of esters is 3. The van der Waals surface area contributed by atoms with Gasteiger partial charge in [-0.1, -0.05) is 367 Å². The maximum atomic E-state index is 13.0. The molecule has 0 aromatic carbocycles. The SMILES string of the molecule is CCCCCCCC/C=C\CCCCCCCCCCCC(=O)OC(COC(=O)CCCCCCCCCCCCCCCCCCCCCCC)COC(=O)CCCCCCCCCCCCCCCCCCCCCCC. The molecule has 0 aromatic rings. The summed E-state index contributed by atoms with van der Waals surface area (Å²) in [5, 5.41) is 0. The van der Waals surface area contributed by atoms with Gasteiger partial charge in [0.25, 0.3) is 0 Å². The minimum Gasteiger partial charge on any atom is -0.462 e. The Hall–Kier alpha value is -1.85. The normalized spacial score (nSPS) is 11.6. The van der Waals surface area contributed by atoms with Crippen LogP contribution in [0.4, 0.5) is 0 Å². The van der Waals surface area contributed by atoms with Gasteiger partial charge in [0.15, 0.2) is 6.10 Å². The van der Waals surface area contributed by atoms with Crippen LogP contribution in [0.2, 0.25) is 0 Å². The zero-order chi connectivity index (χ0) is 57.1. The van der Waals surface area contributed by atoms with Crippen molar-refractivity contribution >= 4 is 17.9 Å². The molecule has 0 amide bonds. The van der Waals surface area contributed by atoms with Crippen molar-refractivity contribution < 1.29 is 28.6 Å². The Bertz CT molecular complexity index is 1170. The molecule has 0 aliphatic rings. The standard InChI is InChI=1S/C73H140O6/c1-4-7-10-13-16-19-22-25-28-31-34-36-39-41-44-47-50-53-56-59-62-65-71(74)77-68-70(79-73(76)67-64-61-58-55-52-49-46-43-38-33-30-27-24-21-18-15-12-9-6-3)69-78-72(75)66-63-60-57-54-51-48-45-42-40-37-35-32-29-26-23-20-17-14-11-8-5-2/h27,30,70H,4-26,28-29,31-69H2,1-3H3/b30-27-. The van der Waals surface area contributed by atoms with Gasteiger partial charge in [-0.15, -0.1) is 0 Å². The number of ether oxygens (including phenoxy) is 3. The van der Waals surface area contributed by atoms with E-state index in [1.807, 2.05) is 0 Å². The first-order valence-corrected chi connectivity index (χ1v) is 36.2. The van der Waals surface area contributed by atoms with E-state index in [2.05, 4.69) is 32.9 Å². The van der Waals surface area contributed by atoms with Crippen LogP contribution in [0.15, 0.2) is 12.2 Å². The third kappa shape index (κ3) is 66.8. The lowest BCUT2D eigenvalue weighted by Crippen LogP contribution is -2.30. The van der Waals surface area contributed by atoms with Gasteiger partial charge in [0.2, 0.25) is 0 Å². The molecule has 6 heteroatoms. The molecule has 0 saturated heterocycles. The summed E-state index contributed by atoms with van der Waals surface area (Å²) in [5.74, 6) is -0.826. The van der Waals surface area contributed by atoms with E-state index in [0.29, 0.717) is 19.3 Å². The van der Waals surface area contributed by atoms with E-state index >= 15 is 0 Å². The lowest BCUT2D eigenvalue weighted by molar-refractivity contribution is -0.167. The van der Waals surface area contributed by atoms with Crippen molar-refractivity contribution in [1.29, 1.82) is 0 Å². The predicted octanol–water partition coefficient (Wildman–Crippen LogP) is 24.8. The van der Waals surface area contributed by atoms with Gasteiger partial charge in [0.1, 0.15) is 13.2 Å². The van der Waals surface area contributed by atoms with Gasteiger partial charge in [-0.05, 0) is 44.9 Å². The second-order valence-electron chi connectivity index (χ2n) is 24.9. The fraction of sp³-hybridized carbons (Fsp3) is 0.932. The lowest BCUT2D eigenvalue weighted by atomic mass is 10.0. The summed E-state index contributed by atoms with van der Waals surface area (Å²) in [6.07, 6.45) is 82.4. The third-order valence-corrected chi connectivity index (χ3v) is 16.8. The second-order valence-corrected chi connectivity index (χ2v) is 24.9. The van der Waals surface area contributed by atoms with Crippen LogP contribution in [0.3, 0.4) is 0 Å². The topological polar surface area (TPSA) is 78.9 Å². The number of allylic oxidation sites excluding steroid dienone is 2. The molecular weight excluding hydrogens is 973 g/mol. The Morgan fingerprint density at radius 3 is 0.633 bits per heavy atom. The Morgan fingerprint density at radius 1 is 0.241 bits per heavy atom. The largest absolute Gasteiger partial charge is 0.462 e. The second kappa shape index (κ2) is 68.6. The molecule has 0 aromatic heterocycles. The van der Waals surface area contributed by atoms with Gasteiger partial charge >= 0.3 is 17.9 Å². The highest BCUT2D eigenvalue weighted by Crippen LogP contribution is 2.19. The number of carbonyl (C=O) groups is 3. The Morgan fingerprint density at radius 2 is 0.418 bits per heavy atom. The van der Waals surface area contributed by atoms with Crippen molar-refractivity contribution in [2.24, 2.45) is 0 Å². The zero-order valence-electron chi connectivity index (χ0n) is 53.9. The fourth-order valence-corrected chi connectivity index (χ4v) is 11.3. The van der Waals surface area contributed by atoms with Crippen LogP contribution >= 0.6 is 0 Å². The first-order valence-electron chi connectivity index (χ1n) is 36.2. The van der Waals surface area contributed by atoms with Crippen molar-refractivity contribution in [3.8, 4) is 0 Å². The number of unbranched alkanes of at least 4 members (excludes halogenated alkanes) is 55. The van der Waals surface area contributed by atoms with E-state index in [-0.39, 0.29) is 31.1 Å². The number of rotatable bonds is 68. The zero-order valence-corrected chi connectivity index (χ0v) is 53.9. The molecule has 0 N–H and O–H groups in total. The molecule has 468 valence electrons. The molecule has 79 heavy (non-hydrogen) atoms. The summed E-state index contributed by atoms with van der Waals surface area (Å²) in [5.41, 5.74) is 0. The number of hydrogen-bond donors (Lipinski definition) is 0. The van der Waals surface area contributed by atoms with Crippen molar-refractivity contribution in [1.82, 2.24) is 0 Å². The maximum absolute atomic E-state index is 13.0. The molecule has 0 rings (SSSR count). The number of carbonyl (C=O) groups excluding carboxylic acids is 3. The summed E-state index contributed by atoms with van der Waals surface area (Å²) in [6, 6.07) is 0. The first kappa shape index (κ1) is 77.2. The highest BCUT2D eigenvalue weighted by Gasteiger charge is 2.19. The van der Waals surface area contributed by atoms with E-state index in [9.17, 15) is 14.4 Å². The molecule has 0 unspecified atom stereocenters. The first-order chi connectivity index (χ1) is 39.0. The van der Waals surface area contributed by atoms with E-state index in [0.717, 1.165) is 57.8 Å². The maximum Gasteiger partial charge on any atom is 0.306 e. The Balaban J connectivity index is 4.28. The summed E-state index contributed by atoms with van der Waals surface area (Å²) < 4.78 is 17.0. The Kier molecular flexibility index (Phi) is 67.0. The average Bonchev–Trinajstić information content (AvgIpc) is 3.45. The lowest BCUT2D eigenvalue weighted by Gasteiger charge is -2.18. The molecule has 0 spiro atoms. The fourth-order valence-electron chi connectivity index (χ4n) is 11.3. The van der Waals surface area contributed by atoms with Crippen LogP contribution < -0.4 is 0 Å². The molecule has 0 aliphatic carbocycles. The average molecular weight is 1110 g/mol. The van der Waals surface area contributed by atoms with Crippen LogP contribution in [0.25, 0.3) is 0 Å². The smallest absolute Gasteiger partial charge is 0.306 e. The highest BCUT2D eigenvalue weighted by molar-refractivity contribution is 5.71. The highest BCUT2D eigenvalue weighted by atomic mass is 16.6. The third-order valence-electron chi connectivity index (χ3n) is 16.8. The molecule has 0 saturated carbocycles. The molecule has 0 atom stereocenters. The van der Waals surface area contributed by atoms with Crippen LogP contribution in [0, 0.1) is 0 Å². The van der Waals surface area contributed by atoms with Gasteiger partial charge in [-0.2, -0.15) is 0 Å². The van der Waals surface area contributed by atoms with Crippen molar-refractivity contribution in [2.75, 3.05) is 13.2 Å². The van der Waals surface area contributed by atoms with Gasteiger partial charge in [0.05, 0.1) is 0 Å². The van der Waals surface area contributed by atoms with Gasteiger partial charge in [-0.25, -0.2) is 0 Å². The summed E-state index contributed by atoms with van der Waals surface area (Å²) in [4.78, 5) is 38.5. The molecular formula is C73H140O6. The van der Waals surface area contributed by atoms with E-state index in [1.54, 1.807) is 0 Å². The molecule has 0 fully saturated rings. The van der Waals surface area contributed by atoms with E-state index in [4.69, 9.17) is 14.2 Å². The minimum absolute atomic E-state index is 0.0635. The van der Waals surface area contributed by atoms with Crippen molar-refractivity contribution in [3.05, 3.63) is 12.2 Å². The summed E-state index contributed by atoms with van der Waals surface area (Å²) in [7, 11) is 0. The molecule has 0 radical (unpaired) electrons. The monoisotopic (exact) mass is 1110 g/mol. The van der Waals surface area contributed by atoms with E-state index in [1.165, 1.54) is 321 Å².